The van der Waals surface area contributed by atoms with Gasteiger partial charge in [-0.25, -0.2) is 0 Å². The van der Waals surface area contributed by atoms with Gasteiger partial charge in [-0.1, -0.05) is 0 Å². The van der Waals surface area contributed by atoms with Crippen molar-refractivity contribution in [2.75, 3.05) is 0 Å². The van der Waals surface area contributed by atoms with Gasteiger partial charge in [0.1, 0.15) is 0 Å². The van der Waals surface area contributed by atoms with E-state index in [0.717, 1.165) is 16.9 Å². The average molecular weight is 359 g/mol. The maximum absolute atomic E-state index is 9.00. The van der Waals surface area contributed by atoms with E-state index in [2.05, 4.69) is 0 Å². The van der Waals surface area contributed by atoms with Crippen molar-refractivity contribution >= 4 is 21.6 Å². The summed E-state index contributed by atoms with van der Waals surface area (Å²) in [5.74, 6) is 0. The van der Waals surface area contributed by atoms with Gasteiger partial charge in [0.25, 0.3) is 0 Å². The quantitative estimate of drug-likeness (QED) is 0.596. The Balaban J connectivity index is 0. The molecule has 0 amide bonds. The second-order valence-electron chi connectivity index (χ2n) is 0.305. The Morgan fingerprint density at radius 1 is 1.80 bits per heavy atom. The molecule has 0 atom stereocenters. The molecule has 1 N–H and O–H groups in total. The van der Waals surface area contributed by atoms with Crippen LogP contribution in [0.4, 0.5) is 4.79 Å². The van der Waals surface area contributed by atoms with Crippen molar-refractivity contribution in [3.05, 3.63) is 0 Å². The number of hydrogen-bond acceptors (Lipinski definition) is 1. The first-order valence-corrected chi connectivity index (χ1v) is 1.73. The van der Waals surface area contributed by atoms with E-state index in [-0.39, 0.29) is 31.1 Å². The third-order valence-electron chi connectivity index (χ3n) is 0. The Morgan fingerprint density at radius 2 is 1.80 bits per heavy atom. The van der Waals surface area contributed by atoms with Gasteiger partial charge in [-0.3, -0.25) is 0 Å². The summed E-state index contributed by atoms with van der Waals surface area (Å²) in [4.78, 5) is 9.00. The molecule has 0 aliphatic heterocycles. The average Bonchev–Trinajstić information content (AvgIpc) is 0.811. The molecular weight excluding hydrogens is 357 g/mol. The molecule has 0 saturated heterocycles. The van der Waals surface area contributed by atoms with E-state index >= 15 is 0 Å². The Labute approximate surface area is 62.2 Å². The van der Waals surface area contributed by atoms with E-state index in [1.54, 1.807) is 0 Å². The van der Waals surface area contributed by atoms with Crippen LogP contribution in [0.25, 0.3) is 0 Å². The molecule has 0 fully saturated rings. The Kier molecular flexibility index (Phi) is 9.58. The predicted molar refractivity (Wildman–Crippen MR) is 15.2 cm³/mol. The summed E-state index contributed by atoms with van der Waals surface area (Å²) in [5, 5.41) is 7.42. The molecule has 5 heavy (non-hydrogen) atoms. The van der Waals surface area contributed by atoms with Gasteiger partial charge in [-0.15, -0.1) is 0 Å². The summed E-state index contributed by atoms with van der Waals surface area (Å²) in [7, 11) is 0. The number of carboxylic acid groups (broad SMARTS) is 1. The SMILES string of the molecule is O=C(O)[AsH].[U]. The maximum atomic E-state index is 9.00. The first-order valence-electron chi connectivity index (χ1n) is 0.678. The molecule has 1 radical (unpaired) electrons. The zero-order valence-corrected chi connectivity index (χ0v) is 8.62. The van der Waals surface area contributed by atoms with Gasteiger partial charge in [0.2, 0.25) is 0 Å². The summed E-state index contributed by atoms with van der Waals surface area (Å²) in [5.41, 5.74) is 0. The van der Waals surface area contributed by atoms with Crippen molar-refractivity contribution in [2.24, 2.45) is 0 Å². The van der Waals surface area contributed by atoms with E-state index in [1.807, 2.05) is 0 Å². The number of hydrogen-bond donors (Lipinski definition) is 1. The predicted octanol–water partition coefficient (Wildman–Crippen LogP) is -0.435. The fourth-order valence-corrected chi connectivity index (χ4v) is 0. The molecule has 0 bridgehead atoms. The van der Waals surface area contributed by atoms with Crippen LogP contribution in [0, 0.1) is 31.1 Å². The first kappa shape index (κ1) is 9.43. The van der Waals surface area contributed by atoms with Crippen LogP contribution in [-0.4, -0.2) is 26.7 Å². The minimum Gasteiger partial charge on any atom is 0 e. The van der Waals surface area contributed by atoms with Crippen LogP contribution in [0.2, 0.25) is 0 Å². The topological polar surface area (TPSA) is 37.3 Å². The molecule has 0 aliphatic rings. The first-order chi connectivity index (χ1) is 1.73. The van der Waals surface area contributed by atoms with Crippen LogP contribution in [0.5, 0.6) is 0 Å². The second kappa shape index (κ2) is 5.08. The fourth-order valence-electron chi connectivity index (χ4n) is 0. The molecule has 4 heteroatoms. The van der Waals surface area contributed by atoms with Crippen LogP contribution in [0.15, 0.2) is 0 Å². The summed E-state index contributed by atoms with van der Waals surface area (Å²) in [6.07, 6.45) is 0. The van der Waals surface area contributed by atoms with Crippen molar-refractivity contribution < 1.29 is 41.0 Å². The molecule has 0 aromatic carbocycles. The van der Waals surface area contributed by atoms with Crippen LogP contribution in [-0.2, 0) is 0 Å². The zero-order valence-electron chi connectivity index (χ0n) is 2.36. The van der Waals surface area contributed by atoms with Gasteiger partial charge < -0.3 is 0 Å². The Morgan fingerprint density at radius 3 is 1.80 bits per heavy atom. The van der Waals surface area contributed by atoms with Crippen molar-refractivity contribution in [2.45, 2.75) is 0 Å². The van der Waals surface area contributed by atoms with E-state index < -0.39 is 4.76 Å². The maximum Gasteiger partial charge on any atom is 0 e. The normalized spacial score (nSPS) is 5.00. The molecule has 0 saturated carbocycles. The monoisotopic (exact) mass is 359 g/mol. The van der Waals surface area contributed by atoms with Crippen LogP contribution < -0.4 is 0 Å². The summed E-state index contributed by atoms with van der Waals surface area (Å²) < 4.78 is -0.833. The summed E-state index contributed by atoms with van der Waals surface area (Å²) >= 11 is 1.08. The van der Waals surface area contributed by atoms with Gasteiger partial charge >= 0.3 is 31.5 Å². The van der Waals surface area contributed by atoms with Crippen LogP contribution in [0.1, 0.15) is 0 Å². The molecule has 0 unspecified atom stereocenters. The van der Waals surface area contributed by atoms with Crippen molar-refractivity contribution in [3.8, 4) is 0 Å². The molecule has 0 heterocycles. The summed E-state index contributed by atoms with van der Waals surface area (Å²) in [6.45, 7) is 0. The third kappa shape index (κ3) is 41.3. The third-order valence-corrected chi connectivity index (χ3v) is 0. The number of carbonyl (C=O) groups is 1. The Bertz CT molecular complexity index is 32.6. The van der Waals surface area contributed by atoms with Crippen LogP contribution >= 0.6 is 0 Å². The van der Waals surface area contributed by atoms with Crippen molar-refractivity contribution in [1.29, 1.82) is 0 Å². The second-order valence-corrected chi connectivity index (χ2v) is 1.20. The molecule has 0 rings (SSSR count). The molecule has 0 aliphatic carbocycles. The Hall–Kier alpha value is 1.08. The van der Waals surface area contributed by atoms with Crippen LogP contribution in [0.3, 0.4) is 0 Å². The van der Waals surface area contributed by atoms with Gasteiger partial charge in [0.15, 0.2) is 0 Å². The fraction of sp³-hybridized carbons (Fsp3) is 0. The minimum atomic E-state index is -0.833. The van der Waals surface area contributed by atoms with E-state index in [4.69, 9.17) is 9.90 Å². The van der Waals surface area contributed by atoms with E-state index in [1.165, 1.54) is 0 Å². The molecule has 0 aromatic heterocycles. The molecule has 2 nitrogen and oxygen atoms in total. The van der Waals surface area contributed by atoms with Gasteiger partial charge in [0.05, 0.1) is 0 Å². The molecule has 27 valence electrons. The molecule has 0 spiro atoms. The van der Waals surface area contributed by atoms with Crippen molar-refractivity contribution in [1.82, 2.24) is 0 Å². The molecule has 0 aromatic rings. The van der Waals surface area contributed by atoms with E-state index in [9.17, 15) is 0 Å². The van der Waals surface area contributed by atoms with Crippen molar-refractivity contribution in [3.63, 3.8) is 0 Å². The largest absolute Gasteiger partial charge is 0 e. The number of rotatable bonds is 0. The zero-order chi connectivity index (χ0) is 3.58. The minimum absolute atomic E-state index is 0. The standard InChI is InChI=1S/CH2AsO2.U/c2-1(3)4;/h2H,(H,3,4);. The van der Waals surface area contributed by atoms with E-state index in [0.29, 0.717) is 0 Å². The van der Waals surface area contributed by atoms with Gasteiger partial charge in [0, 0.05) is 31.1 Å². The smallest absolute Gasteiger partial charge is 0 e. The molecular formula is CH2AsO2U. The van der Waals surface area contributed by atoms with Gasteiger partial charge in [-0.05, 0) is 0 Å². The summed E-state index contributed by atoms with van der Waals surface area (Å²) in [6, 6.07) is 0. The van der Waals surface area contributed by atoms with Gasteiger partial charge in [-0.2, -0.15) is 0 Å².